The van der Waals surface area contributed by atoms with Gasteiger partial charge in [0, 0.05) is 18.2 Å². The first-order chi connectivity index (χ1) is 12.8. The zero-order valence-electron chi connectivity index (χ0n) is 15.3. The van der Waals surface area contributed by atoms with Crippen molar-refractivity contribution in [2.45, 2.75) is 44.9 Å². The Kier molecular flexibility index (Phi) is 8.77. The van der Waals surface area contributed by atoms with E-state index in [1.807, 2.05) is 0 Å². The topological polar surface area (TPSA) is 151 Å². The Morgan fingerprint density at radius 1 is 1.37 bits per heavy atom. The van der Waals surface area contributed by atoms with Crippen molar-refractivity contribution in [1.29, 1.82) is 0 Å². The molecule has 27 heavy (non-hydrogen) atoms. The van der Waals surface area contributed by atoms with Crippen molar-refractivity contribution in [2.24, 2.45) is 0 Å². The maximum Gasteiger partial charge on any atom is 0.328 e. The normalized spacial score (nSPS) is 12.5. The number of ether oxygens (including phenoxy) is 2. The Labute approximate surface area is 156 Å². The summed E-state index contributed by atoms with van der Waals surface area (Å²) in [7, 11) is 1.41. The van der Waals surface area contributed by atoms with Crippen LogP contribution in [0.4, 0.5) is 0 Å². The number of ketones is 1. The molecule has 10 nitrogen and oxygen atoms in total. The summed E-state index contributed by atoms with van der Waals surface area (Å²) in [5.41, 5.74) is 8.53. The van der Waals surface area contributed by atoms with Gasteiger partial charge in [0.1, 0.15) is 11.8 Å². The van der Waals surface area contributed by atoms with E-state index in [2.05, 4.69) is 15.1 Å². The number of nitrogens with one attached hydrogen (secondary N) is 1. The number of esters is 1. The first kappa shape index (κ1) is 21.9. The molecule has 1 amide bonds. The highest BCUT2D eigenvalue weighted by molar-refractivity contribution is 6.25. The Hall–Kier alpha value is -3.10. The van der Waals surface area contributed by atoms with Gasteiger partial charge in [-0.25, -0.2) is 4.79 Å². The largest absolute Gasteiger partial charge is 0.495 e. The molecule has 0 saturated carbocycles. The van der Waals surface area contributed by atoms with Crippen LogP contribution in [0.15, 0.2) is 18.5 Å². The molecule has 0 unspecified atom stereocenters. The van der Waals surface area contributed by atoms with Crippen molar-refractivity contribution >= 4 is 23.9 Å². The molecule has 0 fully saturated rings. The van der Waals surface area contributed by atoms with Crippen LogP contribution in [0, 0.1) is 0 Å². The summed E-state index contributed by atoms with van der Waals surface area (Å²) in [4.78, 5) is 42.4. The van der Waals surface area contributed by atoms with Gasteiger partial charge < -0.3 is 25.4 Å². The van der Waals surface area contributed by atoms with E-state index in [1.165, 1.54) is 25.6 Å². The van der Waals surface area contributed by atoms with Gasteiger partial charge in [-0.3, -0.25) is 14.6 Å². The molecule has 0 aliphatic carbocycles. The van der Waals surface area contributed by atoms with E-state index >= 15 is 0 Å². The minimum atomic E-state index is -1.60. The lowest BCUT2D eigenvalue weighted by molar-refractivity contribution is -0.152. The lowest BCUT2D eigenvalue weighted by Crippen LogP contribution is -2.44. The molecule has 1 aromatic heterocycles. The summed E-state index contributed by atoms with van der Waals surface area (Å²) < 4.78 is 10.1. The second-order valence-corrected chi connectivity index (χ2v) is 5.86. The number of hydrogen-bond donors (Lipinski definition) is 2. The molecule has 1 heterocycles. The standard InChI is InChI=1S/C17H22N4O6/c1-10(2)27-17(25)14(5-4-12(22)8-20-18)21-16(24)15(23)11-6-13(26-3)9-19-7-11/h6-10,14-15,23H,4-5H2,1-3H3,(H,21,24)/t14-,15-/m0/s1. The molecule has 2 N–H and O–H groups in total. The molecular weight excluding hydrogens is 356 g/mol. The zero-order valence-corrected chi connectivity index (χ0v) is 15.3. The van der Waals surface area contributed by atoms with E-state index in [4.69, 9.17) is 15.0 Å². The Bertz CT molecular complexity index is 730. The van der Waals surface area contributed by atoms with Crippen molar-refractivity contribution in [3.8, 4) is 5.75 Å². The van der Waals surface area contributed by atoms with Crippen molar-refractivity contribution in [3.05, 3.63) is 29.6 Å². The molecule has 0 aliphatic heterocycles. The number of Topliss-reactive ketones (excluding diaryl/α,β-unsaturated/α-hetero) is 1. The summed E-state index contributed by atoms with van der Waals surface area (Å²) >= 11 is 0. The quantitative estimate of drug-likeness (QED) is 0.255. The number of carbonyl (C=O) groups is 3. The van der Waals surface area contributed by atoms with E-state index in [1.54, 1.807) is 13.8 Å². The number of amides is 1. The van der Waals surface area contributed by atoms with Crippen LogP contribution in [-0.4, -0.2) is 58.0 Å². The second kappa shape index (κ2) is 10.8. The van der Waals surface area contributed by atoms with E-state index in [0.717, 1.165) is 0 Å². The first-order valence-electron chi connectivity index (χ1n) is 8.16. The van der Waals surface area contributed by atoms with Crippen LogP contribution in [0.3, 0.4) is 0 Å². The predicted molar refractivity (Wildman–Crippen MR) is 92.8 cm³/mol. The molecule has 0 radical (unpaired) electrons. The molecular formula is C17H22N4O6. The van der Waals surface area contributed by atoms with Crippen LogP contribution in [-0.2, 0) is 19.1 Å². The third-order valence-electron chi connectivity index (χ3n) is 3.37. The van der Waals surface area contributed by atoms with Gasteiger partial charge in [0.2, 0.25) is 5.78 Å². The third-order valence-corrected chi connectivity index (χ3v) is 3.37. The maximum atomic E-state index is 12.3. The fraction of sp³-hybridized carbons (Fsp3) is 0.471. The van der Waals surface area contributed by atoms with Gasteiger partial charge in [-0.1, -0.05) is 0 Å². The van der Waals surface area contributed by atoms with Gasteiger partial charge in [0.15, 0.2) is 6.10 Å². The van der Waals surface area contributed by atoms with Crippen LogP contribution in [0.25, 0.3) is 5.53 Å². The summed E-state index contributed by atoms with van der Waals surface area (Å²) in [6, 6.07) is 0.268. The van der Waals surface area contributed by atoms with Crippen molar-refractivity contribution < 1.29 is 33.8 Å². The molecule has 146 valence electrons. The number of carbonyl (C=O) groups excluding carboxylic acids is 3. The molecule has 0 aliphatic rings. The zero-order chi connectivity index (χ0) is 20.4. The highest BCUT2D eigenvalue weighted by atomic mass is 16.5. The Morgan fingerprint density at radius 3 is 2.67 bits per heavy atom. The molecule has 10 heteroatoms. The summed E-state index contributed by atoms with van der Waals surface area (Å²) in [5.74, 6) is -1.79. The fourth-order valence-electron chi connectivity index (χ4n) is 2.08. The van der Waals surface area contributed by atoms with Crippen LogP contribution >= 0.6 is 0 Å². The molecule has 0 bridgehead atoms. The molecule has 0 saturated heterocycles. The van der Waals surface area contributed by atoms with Crippen LogP contribution in [0.1, 0.15) is 38.4 Å². The van der Waals surface area contributed by atoms with Gasteiger partial charge in [0.25, 0.3) is 5.91 Å². The van der Waals surface area contributed by atoms with Gasteiger partial charge in [-0.05, 0) is 26.3 Å². The average molecular weight is 378 g/mol. The number of aromatic nitrogens is 1. The number of aliphatic hydroxyl groups excluding tert-OH is 1. The summed E-state index contributed by atoms with van der Waals surface area (Å²) in [6.45, 7) is 3.27. The molecule has 1 rings (SSSR count). The number of methoxy groups -OCH3 is 1. The second-order valence-electron chi connectivity index (χ2n) is 5.86. The van der Waals surface area contributed by atoms with Crippen LogP contribution < -0.4 is 10.1 Å². The minimum Gasteiger partial charge on any atom is -0.495 e. The van der Waals surface area contributed by atoms with E-state index in [9.17, 15) is 19.5 Å². The molecule has 1 aromatic rings. The molecule has 0 spiro atoms. The number of pyridine rings is 1. The molecule has 2 atom stereocenters. The van der Waals surface area contributed by atoms with Gasteiger partial charge in [-0.15, -0.1) is 0 Å². The van der Waals surface area contributed by atoms with Crippen LogP contribution in [0.2, 0.25) is 0 Å². The van der Waals surface area contributed by atoms with E-state index in [0.29, 0.717) is 12.0 Å². The highest BCUT2D eigenvalue weighted by Crippen LogP contribution is 2.18. The number of aliphatic hydroxyl groups is 1. The first-order valence-corrected chi connectivity index (χ1v) is 8.16. The summed E-state index contributed by atoms with van der Waals surface area (Å²) in [6.07, 6.45) is 1.10. The maximum absolute atomic E-state index is 12.3. The fourth-order valence-corrected chi connectivity index (χ4v) is 2.08. The van der Waals surface area contributed by atoms with E-state index < -0.39 is 35.9 Å². The van der Waals surface area contributed by atoms with Crippen molar-refractivity contribution in [1.82, 2.24) is 10.3 Å². The van der Waals surface area contributed by atoms with Crippen molar-refractivity contribution in [3.63, 3.8) is 0 Å². The smallest absolute Gasteiger partial charge is 0.328 e. The highest BCUT2D eigenvalue weighted by Gasteiger charge is 2.28. The van der Waals surface area contributed by atoms with Gasteiger partial charge >= 0.3 is 12.2 Å². The summed E-state index contributed by atoms with van der Waals surface area (Å²) in [5, 5.41) is 12.6. The van der Waals surface area contributed by atoms with Gasteiger partial charge in [-0.2, -0.15) is 4.79 Å². The third kappa shape index (κ3) is 7.35. The Morgan fingerprint density at radius 2 is 2.07 bits per heavy atom. The van der Waals surface area contributed by atoms with Crippen LogP contribution in [0.5, 0.6) is 5.75 Å². The van der Waals surface area contributed by atoms with Crippen molar-refractivity contribution in [2.75, 3.05) is 7.11 Å². The minimum absolute atomic E-state index is 0.0920. The lowest BCUT2D eigenvalue weighted by Gasteiger charge is -2.20. The van der Waals surface area contributed by atoms with E-state index in [-0.39, 0.29) is 18.4 Å². The number of hydrogen-bond acceptors (Lipinski definition) is 7. The predicted octanol–water partition coefficient (Wildman–Crippen LogP) is 0.210. The molecule has 0 aromatic carbocycles. The SMILES string of the molecule is COc1cncc([C@H](O)C(=O)N[C@@H](CCC(=O)C=[N+]=[N-])C(=O)OC(C)C)c1. The lowest BCUT2D eigenvalue weighted by atomic mass is 10.1. The Balaban J connectivity index is 2.87. The number of rotatable bonds is 10. The van der Waals surface area contributed by atoms with Gasteiger partial charge in [0.05, 0.1) is 19.4 Å². The number of nitrogens with zero attached hydrogens (tertiary/aromatic N) is 3. The average Bonchev–Trinajstić information content (AvgIpc) is 2.63. The monoisotopic (exact) mass is 378 g/mol.